The Hall–Kier alpha value is -2.97. The lowest BCUT2D eigenvalue weighted by Gasteiger charge is -2.25. The Balaban J connectivity index is 2.00. The SMILES string of the molecule is CCc1ccc(N(CC(=O)Nc2cccc(SC)c2)S(=O)(=O)c2cc(C)ccc2OC)cc1. The van der Waals surface area contributed by atoms with Crippen molar-refractivity contribution in [3.8, 4) is 5.75 Å². The molecule has 0 aliphatic heterocycles. The van der Waals surface area contributed by atoms with E-state index in [2.05, 4.69) is 5.32 Å². The van der Waals surface area contributed by atoms with Crippen LogP contribution >= 0.6 is 11.8 Å². The van der Waals surface area contributed by atoms with Gasteiger partial charge in [0.2, 0.25) is 5.91 Å². The molecule has 0 saturated carbocycles. The number of carbonyl (C=O) groups excluding carboxylic acids is 1. The Morgan fingerprint density at radius 3 is 2.42 bits per heavy atom. The highest BCUT2D eigenvalue weighted by molar-refractivity contribution is 7.98. The number of hydrogen-bond acceptors (Lipinski definition) is 5. The molecule has 0 fully saturated rings. The number of rotatable bonds is 9. The van der Waals surface area contributed by atoms with Gasteiger partial charge in [0.1, 0.15) is 17.2 Å². The summed E-state index contributed by atoms with van der Waals surface area (Å²) in [5, 5.41) is 2.81. The lowest BCUT2D eigenvalue weighted by molar-refractivity contribution is -0.114. The molecule has 0 saturated heterocycles. The van der Waals surface area contributed by atoms with Crippen molar-refractivity contribution < 1.29 is 17.9 Å². The molecule has 3 aromatic carbocycles. The summed E-state index contributed by atoms with van der Waals surface area (Å²) < 4.78 is 34.0. The molecular formula is C25H28N2O4S2. The average Bonchev–Trinajstić information content (AvgIpc) is 2.82. The topological polar surface area (TPSA) is 75.7 Å². The first-order valence-corrected chi connectivity index (χ1v) is 13.1. The zero-order valence-corrected chi connectivity index (χ0v) is 20.8. The number of nitrogens with one attached hydrogen (secondary N) is 1. The number of benzene rings is 3. The molecule has 3 rings (SSSR count). The number of aryl methyl sites for hydroxylation is 2. The van der Waals surface area contributed by atoms with Crippen LogP contribution in [0.1, 0.15) is 18.1 Å². The summed E-state index contributed by atoms with van der Waals surface area (Å²) in [6, 6.07) is 19.5. The second-order valence-corrected chi connectivity index (χ2v) is 10.2. The first-order valence-electron chi connectivity index (χ1n) is 10.5. The molecule has 174 valence electrons. The van der Waals surface area contributed by atoms with Crippen LogP contribution < -0.4 is 14.4 Å². The van der Waals surface area contributed by atoms with Crippen molar-refractivity contribution in [1.29, 1.82) is 0 Å². The number of anilines is 2. The van der Waals surface area contributed by atoms with Crippen LogP contribution in [0.5, 0.6) is 5.75 Å². The van der Waals surface area contributed by atoms with Crippen LogP contribution in [0.3, 0.4) is 0 Å². The van der Waals surface area contributed by atoms with Gasteiger partial charge in [-0.05, 0) is 73.2 Å². The van der Waals surface area contributed by atoms with Crippen molar-refractivity contribution in [2.75, 3.05) is 29.5 Å². The molecule has 0 atom stereocenters. The van der Waals surface area contributed by atoms with E-state index in [1.807, 2.05) is 50.4 Å². The highest BCUT2D eigenvalue weighted by atomic mass is 32.2. The lowest BCUT2D eigenvalue weighted by atomic mass is 10.1. The molecule has 0 heterocycles. The number of hydrogen-bond donors (Lipinski definition) is 1. The molecule has 8 heteroatoms. The van der Waals surface area contributed by atoms with Gasteiger partial charge in [0.15, 0.2) is 0 Å². The van der Waals surface area contributed by atoms with Gasteiger partial charge in [0.05, 0.1) is 12.8 Å². The predicted octanol–water partition coefficient (Wildman–Crippen LogP) is 5.12. The quantitative estimate of drug-likeness (QED) is 0.427. The molecule has 0 aliphatic carbocycles. The zero-order chi connectivity index (χ0) is 24.0. The Bertz CT molecular complexity index is 1230. The summed E-state index contributed by atoms with van der Waals surface area (Å²) in [6.07, 6.45) is 2.77. The zero-order valence-electron chi connectivity index (χ0n) is 19.2. The number of methoxy groups -OCH3 is 1. The monoisotopic (exact) mass is 484 g/mol. The Labute approximate surface area is 200 Å². The summed E-state index contributed by atoms with van der Waals surface area (Å²) in [5.74, 6) is -0.216. The minimum Gasteiger partial charge on any atom is -0.495 e. The maximum absolute atomic E-state index is 13.8. The van der Waals surface area contributed by atoms with Crippen molar-refractivity contribution in [2.24, 2.45) is 0 Å². The second kappa shape index (κ2) is 10.8. The van der Waals surface area contributed by atoms with E-state index in [1.165, 1.54) is 7.11 Å². The summed E-state index contributed by atoms with van der Waals surface area (Å²) in [7, 11) is -2.67. The van der Waals surface area contributed by atoms with Gasteiger partial charge in [0.25, 0.3) is 10.0 Å². The van der Waals surface area contributed by atoms with Gasteiger partial charge in [-0.1, -0.05) is 31.2 Å². The molecule has 0 radical (unpaired) electrons. The molecule has 0 unspecified atom stereocenters. The van der Waals surface area contributed by atoms with Crippen molar-refractivity contribution in [3.63, 3.8) is 0 Å². The lowest BCUT2D eigenvalue weighted by Crippen LogP contribution is -2.38. The molecule has 0 spiro atoms. The summed E-state index contributed by atoms with van der Waals surface area (Å²) in [5.41, 5.74) is 2.86. The number of nitrogens with zero attached hydrogens (tertiary/aromatic N) is 1. The van der Waals surface area contributed by atoms with E-state index in [0.29, 0.717) is 11.4 Å². The highest BCUT2D eigenvalue weighted by Gasteiger charge is 2.30. The predicted molar refractivity (Wildman–Crippen MR) is 135 cm³/mol. The molecule has 1 amide bonds. The number of amides is 1. The van der Waals surface area contributed by atoms with Crippen LogP contribution in [0.2, 0.25) is 0 Å². The first-order chi connectivity index (χ1) is 15.8. The van der Waals surface area contributed by atoms with Gasteiger partial charge >= 0.3 is 0 Å². The molecule has 33 heavy (non-hydrogen) atoms. The Kier molecular flexibility index (Phi) is 8.05. The fraction of sp³-hybridized carbons (Fsp3) is 0.240. The van der Waals surface area contributed by atoms with Gasteiger partial charge in [-0.3, -0.25) is 9.10 Å². The van der Waals surface area contributed by atoms with Crippen LogP contribution in [0.4, 0.5) is 11.4 Å². The van der Waals surface area contributed by atoms with E-state index < -0.39 is 15.9 Å². The van der Waals surface area contributed by atoms with Gasteiger partial charge in [-0.25, -0.2) is 8.42 Å². The number of ether oxygens (including phenoxy) is 1. The Morgan fingerprint density at radius 1 is 1.06 bits per heavy atom. The molecule has 0 bridgehead atoms. The third kappa shape index (κ3) is 5.89. The van der Waals surface area contributed by atoms with Crippen LogP contribution in [-0.2, 0) is 21.2 Å². The average molecular weight is 485 g/mol. The van der Waals surface area contributed by atoms with Crippen LogP contribution in [0.25, 0.3) is 0 Å². The maximum atomic E-state index is 13.8. The molecule has 1 N–H and O–H groups in total. The highest BCUT2D eigenvalue weighted by Crippen LogP contribution is 2.31. The summed E-state index contributed by atoms with van der Waals surface area (Å²) in [4.78, 5) is 14.0. The number of thioether (sulfide) groups is 1. The largest absolute Gasteiger partial charge is 0.495 e. The fourth-order valence-electron chi connectivity index (χ4n) is 3.35. The van der Waals surface area contributed by atoms with Crippen molar-refractivity contribution in [2.45, 2.75) is 30.1 Å². The number of sulfonamides is 1. The van der Waals surface area contributed by atoms with Gasteiger partial charge in [-0.15, -0.1) is 11.8 Å². The second-order valence-electron chi connectivity index (χ2n) is 7.47. The van der Waals surface area contributed by atoms with E-state index in [1.54, 1.807) is 48.2 Å². The Morgan fingerprint density at radius 2 is 1.79 bits per heavy atom. The van der Waals surface area contributed by atoms with Crippen LogP contribution in [-0.4, -0.2) is 34.2 Å². The van der Waals surface area contributed by atoms with E-state index in [9.17, 15) is 13.2 Å². The van der Waals surface area contributed by atoms with E-state index in [4.69, 9.17) is 4.74 Å². The smallest absolute Gasteiger partial charge is 0.268 e. The fourth-order valence-corrected chi connectivity index (χ4v) is 5.47. The molecule has 3 aromatic rings. The number of carbonyl (C=O) groups is 1. The summed E-state index contributed by atoms with van der Waals surface area (Å²) >= 11 is 1.56. The van der Waals surface area contributed by atoms with Crippen molar-refractivity contribution >= 4 is 39.1 Å². The molecule has 0 aromatic heterocycles. The standard InChI is InChI=1S/C25H28N2O4S2/c1-5-19-10-12-21(13-11-19)27(17-25(28)26-20-7-6-8-22(16-20)32-4)33(29,30)24-15-18(2)9-14-23(24)31-3/h6-16H,5,17H2,1-4H3,(H,26,28). The molecule has 0 aliphatic rings. The minimum atomic E-state index is -4.10. The third-order valence-corrected chi connectivity index (χ3v) is 7.68. The minimum absolute atomic E-state index is 0.0155. The van der Waals surface area contributed by atoms with E-state index >= 15 is 0 Å². The van der Waals surface area contributed by atoms with Crippen LogP contribution in [0.15, 0.2) is 76.5 Å². The van der Waals surface area contributed by atoms with Crippen molar-refractivity contribution in [1.82, 2.24) is 0 Å². The van der Waals surface area contributed by atoms with Gasteiger partial charge in [0, 0.05) is 10.6 Å². The van der Waals surface area contributed by atoms with Gasteiger partial charge in [-0.2, -0.15) is 0 Å². The normalized spacial score (nSPS) is 11.2. The van der Waals surface area contributed by atoms with E-state index in [-0.39, 0.29) is 17.2 Å². The van der Waals surface area contributed by atoms with E-state index in [0.717, 1.165) is 26.7 Å². The molecular weight excluding hydrogens is 456 g/mol. The molecule has 6 nitrogen and oxygen atoms in total. The maximum Gasteiger partial charge on any atom is 0.268 e. The van der Waals surface area contributed by atoms with Gasteiger partial charge < -0.3 is 10.1 Å². The first kappa shape index (κ1) is 24.7. The van der Waals surface area contributed by atoms with Crippen molar-refractivity contribution in [3.05, 3.63) is 77.9 Å². The van der Waals surface area contributed by atoms with Crippen LogP contribution in [0, 0.1) is 6.92 Å². The third-order valence-electron chi connectivity index (χ3n) is 5.16. The summed E-state index contributed by atoms with van der Waals surface area (Å²) in [6.45, 7) is 3.45.